The van der Waals surface area contributed by atoms with Crippen LogP contribution in [0.15, 0.2) is 24.3 Å². The lowest BCUT2D eigenvalue weighted by Crippen LogP contribution is -2.41. The molecule has 0 bridgehead atoms. The van der Waals surface area contributed by atoms with E-state index in [1.54, 1.807) is 7.11 Å². The molecule has 2 aliphatic rings. The van der Waals surface area contributed by atoms with Gasteiger partial charge in [0.2, 0.25) is 0 Å². The van der Waals surface area contributed by atoms with Crippen LogP contribution in [-0.4, -0.2) is 75.1 Å². The maximum absolute atomic E-state index is 13.6. The van der Waals surface area contributed by atoms with Crippen LogP contribution in [0.1, 0.15) is 27.3 Å². The summed E-state index contributed by atoms with van der Waals surface area (Å²) in [4.78, 5) is 17.9. The van der Waals surface area contributed by atoms with Gasteiger partial charge in [-0.1, -0.05) is 12.1 Å². The molecule has 1 amide bonds. The number of hydrogen-bond donors (Lipinski definition) is 0. The third kappa shape index (κ3) is 4.04. The van der Waals surface area contributed by atoms with Crippen LogP contribution >= 0.6 is 0 Å². The minimum absolute atomic E-state index is 0.0845. The second-order valence-corrected chi connectivity index (χ2v) is 7.85. The van der Waals surface area contributed by atoms with Crippen LogP contribution in [0.2, 0.25) is 0 Å². The van der Waals surface area contributed by atoms with Gasteiger partial charge in [-0.05, 0) is 31.5 Å². The lowest BCUT2D eigenvalue weighted by molar-refractivity contribution is 0.0295. The minimum Gasteiger partial charge on any atom is -0.497 e. The summed E-state index contributed by atoms with van der Waals surface area (Å²) in [6, 6.07) is 8.04. The third-order valence-electron chi connectivity index (χ3n) is 6.03. The Balaban J connectivity index is 1.76. The highest BCUT2D eigenvalue weighted by Gasteiger charge is 2.30. The summed E-state index contributed by atoms with van der Waals surface area (Å²) in [5.74, 6) is 0.907. The Morgan fingerprint density at radius 1 is 1.03 bits per heavy atom. The van der Waals surface area contributed by atoms with Crippen molar-refractivity contribution >= 4 is 11.6 Å². The van der Waals surface area contributed by atoms with Crippen molar-refractivity contribution in [3.05, 3.63) is 46.8 Å². The van der Waals surface area contributed by atoms with Crippen molar-refractivity contribution in [3.8, 4) is 5.75 Å². The van der Waals surface area contributed by atoms with E-state index in [1.165, 1.54) is 0 Å². The summed E-state index contributed by atoms with van der Waals surface area (Å²) < 4.78 is 18.6. The van der Waals surface area contributed by atoms with Gasteiger partial charge in [0, 0.05) is 44.0 Å². The first-order valence-corrected chi connectivity index (χ1v) is 10.6. The smallest absolute Gasteiger partial charge is 0.271 e. The first kappa shape index (κ1) is 20.8. The highest BCUT2D eigenvalue weighted by molar-refractivity contribution is 5.96. The van der Waals surface area contributed by atoms with Crippen LogP contribution in [0.25, 0.3) is 0 Å². The lowest BCUT2D eigenvalue weighted by atomic mass is 10.1. The van der Waals surface area contributed by atoms with E-state index in [2.05, 4.69) is 29.4 Å². The van der Waals surface area contributed by atoms with Gasteiger partial charge in [-0.2, -0.15) is 0 Å². The van der Waals surface area contributed by atoms with Gasteiger partial charge >= 0.3 is 0 Å². The normalized spacial score (nSPS) is 17.3. The molecule has 0 N–H and O–H groups in total. The maximum atomic E-state index is 13.6. The number of benzene rings is 1. The van der Waals surface area contributed by atoms with Crippen LogP contribution in [0.4, 0.5) is 5.69 Å². The Hall–Kier alpha value is -2.51. The largest absolute Gasteiger partial charge is 0.497 e. The molecule has 0 unspecified atom stereocenters. The molecule has 30 heavy (non-hydrogen) atoms. The molecule has 7 nitrogen and oxygen atoms in total. The third-order valence-corrected chi connectivity index (χ3v) is 6.03. The van der Waals surface area contributed by atoms with E-state index < -0.39 is 0 Å². The van der Waals surface area contributed by atoms with Crippen LogP contribution in [0.3, 0.4) is 0 Å². The van der Waals surface area contributed by atoms with E-state index in [0.717, 1.165) is 47.0 Å². The molecule has 1 aromatic carbocycles. The molecule has 2 saturated heterocycles. The minimum atomic E-state index is 0.0845. The van der Waals surface area contributed by atoms with Crippen molar-refractivity contribution in [3.63, 3.8) is 0 Å². The number of morpholine rings is 2. The molecule has 4 rings (SSSR count). The van der Waals surface area contributed by atoms with Gasteiger partial charge in [-0.3, -0.25) is 4.79 Å². The van der Waals surface area contributed by atoms with E-state index >= 15 is 0 Å². The molecule has 1 aromatic heterocycles. The molecule has 0 spiro atoms. The molecule has 0 aliphatic carbocycles. The quantitative estimate of drug-likeness (QED) is 0.754. The van der Waals surface area contributed by atoms with Gasteiger partial charge in [-0.15, -0.1) is 0 Å². The Morgan fingerprint density at radius 2 is 1.70 bits per heavy atom. The van der Waals surface area contributed by atoms with E-state index in [9.17, 15) is 4.79 Å². The lowest BCUT2D eigenvalue weighted by Gasteiger charge is -2.30. The van der Waals surface area contributed by atoms with E-state index in [4.69, 9.17) is 14.2 Å². The van der Waals surface area contributed by atoms with Crippen LogP contribution in [0, 0.1) is 13.8 Å². The summed E-state index contributed by atoms with van der Waals surface area (Å²) >= 11 is 0. The van der Waals surface area contributed by atoms with E-state index in [1.807, 2.05) is 23.1 Å². The van der Waals surface area contributed by atoms with E-state index in [0.29, 0.717) is 46.1 Å². The zero-order valence-corrected chi connectivity index (χ0v) is 18.1. The fraction of sp³-hybridized carbons (Fsp3) is 0.522. The van der Waals surface area contributed by atoms with Gasteiger partial charge in [0.1, 0.15) is 11.4 Å². The number of ether oxygens (including phenoxy) is 3. The van der Waals surface area contributed by atoms with Crippen molar-refractivity contribution in [1.29, 1.82) is 0 Å². The molecule has 0 saturated carbocycles. The van der Waals surface area contributed by atoms with E-state index in [-0.39, 0.29) is 5.91 Å². The summed E-state index contributed by atoms with van der Waals surface area (Å²) in [7, 11) is 1.67. The topological polar surface area (TPSA) is 56.2 Å². The van der Waals surface area contributed by atoms with Crippen molar-refractivity contribution in [1.82, 2.24) is 9.47 Å². The maximum Gasteiger partial charge on any atom is 0.271 e. The number of carbonyl (C=O) groups excluding carboxylic acids is 1. The number of methoxy groups -OCH3 is 1. The summed E-state index contributed by atoms with van der Waals surface area (Å²) in [6.07, 6.45) is 0. The Labute approximate surface area is 178 Å². The van der Waals surface area contributed by atoms with Crippen molar-refractivity contribution < 1.29 is 19.0 Å². The first-order valence-electron chi connectivity index (χ1n) is 10.6. The molecule has 0 atom stereocenters. The molecular formula is C23H31N3O4. The fourth-order valence-corrected chi connectivity index (χ4v) is 4.48. The fourth-order valence-electron chi connectivity index (χ4n) is 4.48. The number of anilines is 1. The van der Waals surface area contributed by atoms with Gasteiger partial charge in [0.25, 0.3) is 5.91 Å². The average molecular weight is 414 g/mol. The number of aromatic nitrogens is 1. The highest BCUT2D eigenvalue weighted by atomic mass is 16.5. The summed E-state index contributed by atoms with van der Waals surface area (Å²) in [5, 5.41) is 0. The van der Waals surface area contributed by atoms with Gasteiger partial charge in [0.05, 0.1) is 39.2 Å². The van der Waals surface area contributed by atoms with Crippen molar-refractivity contribution in [2.75, 3.05) is 64.6 Å². The predicted octanol–water partition coefficient (Wildman–Crippen LogP) is 2.47. The predicted molar refractivity (Wildman–Crippen MR) is 116 cm³/mol. The zero-order valence-electron chi connectivity index (χ0n) is 18.1. The number of hydrogen-bond acceptors (Lipinski definition) is 5. The average Bonchev–Trinajstić information content (AvgIpc) is 3.03. The molecule has 2 fully saturated rings. The molecule has 7 heteroatoms. The van der Waals surface area contributed by atoms with Gasteiger partial charge in [-0.25, -0.2) is 0 Å². The van der Waals surface area contributed by atoms with Gasteiger partial charge < -0.3 is 28.6 Å². The van der Waals surface area contributed by atoms with Crippen LogP contribution in [0.5, 0.6) is 5.75 Å². The Bertz CT molecular complexity index is 896. The number of amides is 1. The highest BCUT2D eigenvalue weighted by Crippen LogP contribution is 2.33. The summed E-state index contributed by atoms with van der Waals surface area (Å²) in [5.41, 5.74) is 5.22. The molecule has 162 valence electrons. The SMILES string of the molecule is COc1cccc(Cn2c(C)c(N3CCOCC3)c(C)c2C(=O)N2CCOCC2)c1. The molecule has 2 aromatic rings. The molecular weight excluding hydrogens is 382 g/mol. The van der Waals surface area contributed by atoms with Gasteiger partial charge in [0.15, 0.2) is 0 Å². The molecule has 0 radical (unpaired) electrons. The second kappa shape index (κ2) is 9.10. The van der Waals surface area contributed by atoms with Crippen molar-refractivity contribution in [2.24, 2.45) is 0 Å². The Morgan fingerprint density at radius 3 is 2.37 bits per heavy atom. The van der Waals surface area contributed by atoms with Crippen LogP contribution in [-0.2, 0) is 16.0 Å². The monoisotopic (exact) mass is 413 g/mol. The Kier molecular flexibility index (Phi) is 6.29. The van der Waals surface area contributed by atoms with Crippen molar-refractivity contribution in [2.45, 2.75) is 20.4 Å². The van der Waals surface area contributed by atoms with Crippen LogP contribution < -0.4 is 9.64 Å². The second-order valence-electron chi connectivity index (χ2n) is 7.85. The molecule has 3 heterocycles. The number of rotatable bonds is 5. The first-order chi connectivity index (χ1) is 14.6. The molecule has 2 aliphatic heterocycles. The number of nitrogens with zero attached hydrogens (tertiary/aromatic N) is 3. The standard InChI is InChI=1S/C23H31N3O4/c1-17-21(24-7-11-29-12-8-24)18(2)26(16-19-5-4-6-20(15-19)28-3)22(17)23(27)25-9-13-30-14-10-25/h4-6,15H,7-14,16H2,1-3H3. The zero-order chi connectivity index (χ0) is 21.1. The summed E-state index contributed by atoms with van der Waals surface area (Å²) in [6.45, 7) is 10.4. The number of carbonyl (C=O) groups is 1.